The zero-order chi connectivity index (χ0) is 19.3. The molecule has 0 spiro atoms. The number of carbonyl (C=O) groups is 1. The lowest BCUT2D eigenvalue weighted by molar-refractivity contribution is 0.0958. The van der Waals surface area contributed by atoms with Crippen molar-refractivity contribution in [1.82, 2.24) is 0 Å². The van der Waals surface area contributed by atoms with Crippen LogP contribution in [-0.2, 0) is 6.54 Å². The summed E-state index contributed by atoms with van der Waals surface area (Å²) >= 11 is 1.69. The van der Waals surface area contributed by atoms with Crippen LogP contribution in [0.4, 0.5) is 5.69 Å². The fourth-order valence-corrected chi connectivity index (χ4v) is 3.75. The van der Waals surface area contributed by atoms with Crippen LogP contribution >= 0.6 is 11.8 Å². The number of hydrogen-bond donors (Lipinski definition) is 0. The molecule has 1 aliphatic rings. The molecule has 1 aliphatic heterocycles. The van der Waals surface area contributed by atoms with Crippen LogP contribution in [0.1, 0.15) is 16.1 Å². The van der Waals surface area contributed by atoms with Crippen molar-refractivity contribution < 1.29 is 18.7 Å². The van der Waals surface area contributed by atoms with E-state index in [0.717, 1.165) is 16.2 Å². The molecule has 0 bridgehead atoms. The SMILES string of the molecule is C=CCSc1ccccc1CN(C(=O)c1ccco1)c1ccc2c(c1)OCO2. The molecule has 0 saturated carbocycles. The Kier molecular flexibility index (Phi) is 5.39. The van der Waals surface area contributed by atoms with Gasteiger partial charge in [0.15, 0.2) is 17.3 Å². The Morgan fingerprint density at radius 3 is 2.79 bits per heavy atom. The number of fused-ring (bicyclic) bond motifs is 1. The number of rotatable bonds is 7. The Hall–Kier alpha value is -3.12. The van der Waals surface area contributed by atoms with Crippen LogP contribution in [0.25, 0.3) is 0 Å². The molecule has 142 valence electrons. The molecule has 0 unspecified atom stereocenters. The van der Waals surface area contributed by atoms with Crippen LogP contribution in [0, 0.1) is 0 Å². The maximum absolute atomic E-state index is 13.2. The van der Waals surface area contributed by atoms with Gasteiger partial charge in [-0.05, 0) is 35.9 Å². The van der Waals surface area contributed by atoms with E-state index in [0.29, 0.717) is 23.7 Å². The molecule has 0 fully saturated rings. The fraction of sp³-hybridized carbons (Fsp3) is 0.136. The van der Waals surface area contributed by atoms with Gasteiger partial charge in [-0.1, -0.05) is 24.3 Å². The normalized spacial score (nSPS) is 12.0. The summed E-state index contributed by atoms with van der Waals surface area (Å²) in [5.41, 5.74) is 1.76. The summed E-state index contributed by atoms with van der Waals surface area (Å²) in [5, 5.41) is 0. The van der Waals surface area contributed by atoms with Gasteiger partial charge in [-0.25, -0.2) is 0 Å². The van der Waals surface area contributed by atoms with Crippen molar-refractivity contribution in [3.63, 3.8) is 0 Å². The third-order valence-electron chi connectivity index (χ3n) is 4.30. The van der Waals surface area contributed by atoms with Gasteiger partial charge in [-0.2, -0.15) is 0 Å². The van der Waals surface area contributed by atoms with Crippen molar-refractivity contribution in [3.8, 4) is 11.5 Å². The standard InChI is InChI=1S/C22H19NO4S/c1-2-12-28-21-8-4-3-6-16(21)14-23(22(24)19-7-5-11-25-19)17-9-10-18-20(13-17)27-15-26-18/h2-11,13H,1,12,14-15H2. The number of ether oxygens (including phenoxy) is 2. The number of hydrogen-bond acceptors (Lipinski definition) is 5. The second kappa shape index (κ2) is 8.27. The Bertz CT molecular complexity index is 984. The van der Waals surface area contributed by atoms with E-state index in [-0.39, 0.29) is 18.5 Å². The quantitative estimate of drug-likeness (QED) is 0.411. The van der Waals surface area contributed by atoms with Crippen molar-refractivity contribution in [2.24, 2.45) is 0 Å². The highest BCUT2D eigenvalue weighted by molar-refractivity contribution is 7.99. The first kappa shape index (κ1) is 18.3. The van der Waals surface area contributed by atoms with Gasteiger partial charge in [0.1, 0.15) is 0 Å². The van der Waals surface area contributed by atoms with E-state index < -0.39 is 0 Å². The zero-order valence-corrected chi connectivity index (χ0v) is 16.0. The van der Waals surface area contributed by atoms with E-state index in [2.05, 4.69) is 12.6 Å². The van der Waals surface area contributed by atoms with Gasteiger partial charge in [-0.15, -0.1) is 18.3 Å². The van der Waals surface area contributed by atoms with Gasteiger partial charge >= 0.3 is 0 Å². The second-order valence-corrected chi connectivity index (χ2v) is 7.18. The van der Waals surface area contributed by atoms with Crippen LogP contribution in [-0.4, -0.2) is 18.5 Å². The van der Waals surface area contributed by atoms with Gasteiger partial charge in [0.05, 0.1) is 12.8 Å². The zero-order valence-electron chi connectivity index (χ0n) is 15.2. The first-order chi connectivity index (χ1) is 13.8. The minimum absolute atomic E-state index is 0.186. The van der Waals surface area contributed by atoms with Crippen molar-refractivity contribution in [1.29, 1.82) is 0 Å². The lowest BCUT2D eigenvalue weighted by Gasteiger charge is -2.23. The van der Waals surface area contributed by atoms with Crippen LogP contribution < -0.4 is 14.4 Å². The maximum Gasteiger partial charge on any atom is 0.294 e. The highest BCUT2D eigenvalue weighted by Gasteiger charge is 2.24. The molecule has 2 aromatic carbocycles. The van der Waals surface area contributed by atoms with Gasteiger partial charge in [0.2, 0.25) is 6.79 Å². The van der Waals surface area contributed by atoms with E-state index in [1.807, 2.05) is 42.5 Å². The number of carbonyl (C=O) groups excluding carboxylic acids is 1. The number of benzene rings is 2. The second-order valence-electron chi connectivity index (χ2n) is 6.11. The fourth-order valence-electron chi connectivity index (χ4n) is 2.96. The minimum Gasteiger partial charge on any atom is -0.459 e. The van der Waals surface area contributed by atoms with E-state index in [9.17, 15) is 4.79 Å². The van der Waals surface area contributed by atoms with Crippen LogP contribution in [0.15, 0.2) is 82.8 Å². The summed E-state index contributed by atoms with van der Waals surface area (Å²) in [6, 6.07) is 16.9. The lowest BCUT2D eigenvalue weighted by Crippen LogP contribution is -2.30. The number of thioether (sulfide) groups is 1. The molecule has 6 heteroatoms. The highest BCUT2D eigenvalue weighted by atomic mass is 32.2. The average molecular weight is 393 g/mol. The van der Waals surface area contributed by atoms with E-state index >= 15 is 0 Å². The molecule has 4 rings (SSSR count). The van der Waals surface area contributed by atoms with Crippen LogP contribution in [0.2, 0.25) is 0 Å². The molecule has 3 aromatic rings. The van der Waals surface area contributed by atoms with E-state index in [4.69, 9.17) is 13.9 Å². The monoisotopic (exact) mass is 393 g/mol. The number of amides is 1. The lowest BCUT2D eigenvalue weighted by atomic mass is 10.1. The van der Waals surface area contributed by atoms with Crippen LogP contribution in [0.3, 0.4) is 0 Å². The minimum atomic E-state index is -0.215. The largest absolute Gasteiger partial charge is 0.459 e. The molecule has 5 nitrogen and oxygen atoms in total. The van der Waals surface area contributed by atoms with Crippen molar-refractivity contribution >= 4 is 23.4 Å². The van der Waals surface area contributed by atoms with Crippen molar-refractivity contribution in [3.05, 3.63) is 84.8 Å². The molecular formula is C22H19NO4S. The van der Waals surface area contributed by atoms with Gasteiger partial charge in [0, 0.05) is 22.4 Å². The summed E-state index contributed by atoms with van der Waals surface area (Å²) in [4.78, 5) is 16.0. The van der Waals surface area contributed by atoms with Crippen LogP contribution in [0.5, 0.6) is 11.5 Å². The number of furan rings is 1. The van der Waals surface area contributed by atoms with Crippen molar-refractivity contribution in [2.45, 2.75) is 11.4 Å². The predicted molar refractivity (Wildman–Crippen MR) is 109 cm³/mol. The molecule has 0 atom stereocenters. The smallest absolute Gasteiger partial charge is 0.294 e. The summed E-state index contributed by atoms with van der Waals surface area (Å²) < 4.78 is 16.2. The molecule has 0 radical (unpaired) electrons. The molecule has 0 aliphatic carbocycles. The third kappa shape index (κ3) is 3.77. The molecule has 28 heavy (non-hydrogen) atoms. The first-order valence-electron chi connectivity index (χ1n) is 8.83. The average Bonchev–Trinajstić information content (AvgIpc) is 3.42. The topological polar surface area (TPSA) is 51.9 Å². The summed E-state index contributed by atoms with van der Waals surface area (Å²) in [6.07, 6.45) is 3.37. The molecule has 1 aromatic heterocycles. The summed E-state index contributed by atoms with van der Waals surface area (Å²) in [5.74, 6) is 2.18. The Morgan fingerprint density at radius 2 is 1.96 bits per heavy atom. The Labute approximate surface area is 167 Å². The third-order valence-corrected chi connectivity index (χ3v) is 5.41. The summed E-state index contributed by atoms with van der Waals surface area (Å²) in [6.45, 7) is 4.37. The molecule has 0 N–H and O–H groups in total. The Balaban J connectivity index is 1.70. The molecule has 0 saturated heterocycles. The number of anilines is 1. The Morgan fingerprint density at radius 1 is 1.11 bits per heavy atom. The van der Waals surface area contributed by atoms with Crippen molar-refractivity contribution in [2.75, 3.05) is 17.4 Å². The predicted octanol–water partition coefficient (Wildman–Crippen LogP) is 5.13. The number of nitrogens with zero attached hydrogens (tertiary/aromatic N) is 1. The van der Waals surface area contributed by atoms with Gasteiger partial charge in [0.25, 0.3) is 5.91 Å². The molecule has 1 amide bonds. The highest BCUT2D eigenvalue weighted by Crippen LogP contribution is 2.37. The molecule has 2 heterocycles. The van der Waals surface area contributed by atoms with Gasteiger partial charge < -0.3 is 18.8 Å². The van der Waals surface area contributed by atoms with Gasteiger partial charge in [-0.3, -0.25) is 4.79 Å². The maximum atomic E-state index is 13.2. The molecular weight excluding hydrogens is 374 g/mol. The van der Waals surface area contributed by atoms with E-state index in [1.165, 1.54) is 6.26 Å². The van der Waals surface area contributed by atoms with E-state index in [1.54, 1.807) is 28.8 Å². The summed E-state index contributed by atoms with van der Waals surface area (Å²) in [7, 11) is 0. The first-order valence-corrected chi connectivity index (χ1v) is 9.81.